The van der Waals surface area contributed by atoms with Crippen LogP contribution >= 0.6 is 11.6 Å². The van der Waals surface area contributed by atoms with Gasteiger partial charge in [-0.3, -0.25) is 5.84 Å². The van der Waals surface area contributed by atoms with Crippen LogP contribution in [0.25, 0.3) is 0 Å². The highest BCUT2D eigenvalue weighted by molar-refractivity contribution is 6.31. The molecule has 0 saturated heterocycles. The van der Waals surface area contributed by atoms with Crippen LogP contribution in [0.4, 0.5) is 0 Å². The summed E-state index contributed by atoms with van der Waals surface area (Å²) >= 11 is 6.34. The van der Waals surface area contributed by atoms with Gasteiger partial charge in [-0.25, -0.2) is 5.43 Å². The molecule has 1 atom stereocenters. The van der Waals surface area contributed by atoms with Crippen LogP contribution in [-0.4, -0.2) is 6.10 Å². The highest BCUT2D eigenvalue weighted by Gasteiger charge is 2.23. The van der Waals surface area contributed by atoms with Crippen molar-refractivity contribution < 1.29 is 4.74 Å². The van der Waals surface area contributed by atoms with Crippen molar-refractivity contribution in [2.75, 3.05) is 0 Å². The average molecular weight is 303 g/mol. The van der Waals surface area contributed by atoms with Crippen molar-refractivity contribution in [1.82, 2.24) is 5.43 Å². The summed E-state index contributed by atoms with van der Waals surface area (Å²) in [5, 5.41) is 0.719. The smallest absolute Gasteiger partial charge is 0.119 e. The predicted molar refractivity (Wildman–Crippen MR) is 85.4 cm³/mol. The van der Waals surface area contributed by atoms with Crippen LogP contribution < -0.4 is 16.0 Å². The molecule has 0 bridgehead atoms. The van der Waals surface area contributed by atoms with Crippen molar-refractivity contribution in [2.24, 2.45) is 5.84 Å². The third kappa shape index (κ3) is 3.38. The summed E-state index contributed by atoms with van der Waals surface area (Å²) in [7, 11) is 0. The number of ether oxygens (including phenoxy) is 1. The van der Waals surface area contributed by atoms with Crippen LogP contribution in [-0.2, 0) is 0 Å². The van der Waals surface area contributed by atoms with Gasteiger partial charge in [0.25, 0.3) is 0 Å². The van der Waals surface area contributed by atoms with E-state index in [0.717, 1.165) is 40.3 Å². The molecule has 3 nitrogen and oxygen atoms in total. The number of rotatable bonds is 5. The zero-order valence-electron chi connectivity index (χ0n) is 12.0. The van der Waals surface area contributed by atoms with E-state index in [4.69, 9.17) is 22.2 Å². The van der Waals surface area contributed by atoms with Gasteiger partial charge >= 0.3 is 0 Å². The Kier molecular flexibility index (Phi) is 4.15. The van der Waals surface area contributed by atoms with Crippen LogP contribution in [0.5, 0.6) is 5.75 Å². The second-order valence-corrected chi connectivity index (χ2v) is 5.92. The van der Waals surface area contributed by atoms with Crippen molar-refractivity contribution in [3.8, 4) is 5.75 Å². The standard InChI is InChI=1S/C17H19ClN2O/c1-11-2-9-15(16(18)10-11)17(20-19)12-3-5-13(6-4-12)21-14-7-8-14/h2-6,9-10,14,17,20H,7-8,19H2,1H3. The third-order valence-corrected chi connectivity index (χ3v) is 4.00. The van der Waals surface area contributed by atoms with E-state index >= 15 is 0 Å². The molecule has 4 heteroatoms. The fourth-order valence-electron chi connectivity index (χ4n) is 2.35. The Morgan fingerprint density at radius 2 is 1.90 bits per heavy atom. The van der Waals surface area contributed by atoms with Crippen molar-refractivity contribution in [3.63, 3.8) is 0 Å². The highest BCUT2D eigenvalue weighted by atomic mass is 35.5. The average Bonchev–Trinajstić information content (AvgIpc) is 3.27. The summed E-state index contributed by atoms with van der Waals surface area (Å²) in [6, 6.07) is 13.9. The molecule has 21 heavy (non-hydrogen) atoms. The lowest BCUT2D eigenvalue weighted by Gasteiger charge is -2.19. The first-order chi connectivity index (χ1) is 10.2. The molecular weight excluding hydrogens is 284 g/mol. The lowest BCUT2D eigenvalue weighted by molar-refractivity contribution is 0.303. The summed E-state index contributed by atoms with van der Waals surface area (Å²) in [5.41, 5.74) is 6.01. The zero-order valence-corrected chi connectivity index (χ0v) is 12.7. The summed E-state index contributed by atoms with van der Waals surface area (Å²) < 4.78 is 5.76. The molecule has 110 valence electrons. The zero-order chi connectivity index (χ0) is 14.8. The molecule has 1 fully saturated rings. The SMILES string of the molecule is Cc1ccc(C(NN)c2ccc(OC3CC3)cc2)c(Cl)c1. The van der Waals surface area contributed by atoms with Gasteiger partial charge in [0.2, 0.25) is 0 Å². The minimum atomic E-state index is -0.131. The number of nitrogens with one attached hydrogen (secondary N) is 1. The molecule has 3 rings (SSSR count). The van der Waals surface area contributed by atoms with E-state index in [1.54, 1.807) is 0 Å². The molecule has 2 aromatic rings. The first kappa shape index (κ1) is 14.4. The predicted octanol–water partition coefficient (Wildman–Crippen LogP) is 3.74. The summed E-state index contributed by atoms with van der Waals surface area (Å²) in [5.74, 6) is 6.64. The van der Waals surface area contributed by atoms with E-state index in [9.17, 15) is 0 Å². The van der Waals surface area contributed by atoms with Gasteiger partial charge in [0.1, 0.15) is 5.75 Å². The minimum Gasteiger partial charge on any atom is -0.490 e. The van der Waals surface area contributed by atoms with Crippen molar-refractivity contribution >= 4 is 11.6 Å². The summed E-state index contributed by atoms with van der Waals surface area (Å²) in [6.45, 7) is 2.02. The Morgan fingerprint density at radius 3 is 2.48 bits per heavy atom. The maximum atomic E-state index is 6.34. The maximum Gasteiger partial charge on any atom is 0.119 e. The molecule has 0 heterocycles. The first-order valence-electron chi connectivity index (χ1n) is 7.16. The lowest BCUT2D eigenvalue weighted by Crippen LogP contribution is -2.29. The van der Waals surface area contributed by atoms with Crippen LogP contribution in [0, 0.1) is 6.92 Å². The number of halogens is 1. The minimum absolute atomic E-state index is 0.131. The van der Waals surface area contributed by atoms with E-state index in [2.05, 4.69) is 5.43 Å². The monoisotopic (exact) mass is 302 g/mol. The van der Waals surface area contributed by atoms with Gasteiger partial charge in [-0.15, -0.1) is 0 Å². The number of hydrogen-bond acceptors (Lipinski definition) is 3. The van der Waals surface area contributed by atoms with Gasteiger partial charge < -0.3 is 4.74 Å². The molecule has 3 N–H and O–H groups in total. The van der Waals surface area contributed by atoms with Gasteiger partial charge in [-0.2, -0.15) is 0 Å². The second kappa shape index (κ2) is 6.06. The first-order valence-corrected chi connectivity index (χ1v) is 7.54. The van der Waals surface area contributed by atoms with Crippen LogP contribution in [0.15, 0.2) is 42.5 Å². The molecule has 0 aliphatic heterocycles. The van der Waals surface area contributed by atoms with E-state index in [1.165, 1.54) is 0 Å². The van der Waals surface area contributed by atoms with Gasteiger partial charge in [0, 0.05) is 5.02 Å². The van der Waals surface area contributed by atoms with E-state index in [-0.39, 0.29) is 6.04 Å². The van der Waals surface area contributed by atoms with E-state index < -0.39 is 0 Å². The highest BCUT2D eigenvalue weighted by Crippen LogP contribution is 2.31. The normalized spacial score (nSPS) is 15.8. The second-order valence-electron chi connectivity index (χ2n) is 5.51. The lowest BCUT2D eigenvalue weighted by atomic mass is 9.98. The molecule has 0 aromatic heterocycles. The summed E-state index contributed by atoms with van der Waals surface area (Å²) in [4.78, 5) is 0. The molecule has 1 aliphatic rings. The Labute approximate surface area is 130 Å². The fraction of sp³-hybridized carbons (Fsp3) is 0.294. The Morgan fingerprint density at radius 1 is 1.19 bits per heavy atom. The van der Waals surface area contributed by atoms with Crippen LogP contribution in [0.1, 0.15) is 35.6 Å². The number of aryl methyl sites for hydroxylation is 1. The maximum absolute atomic E-state index is 6.34. The van der Waals surface area contributed by atoms with Crippen LogP contribution in [0.2, 0.25) is 5.02 Å². The van der Waals surface area contributed by atoms with E-state index in [0.29, 0.717) is 6.10 Å². The Balaban J connectivity index is 1.84. The van der Waals surface area contributed by atoms with Crippen molar-refractivity contribution in [1.29, 1.82) is 0 Å². The molecule has 1 unspecified atom stereocenters. The third-order valence-electron chi connectivity index (χ3n) is 3.67. The van der Waals surface area contributed by atoms with E-state index in [1.807, 2.05) is 49.4 Å². The van der Waals surface area contributed by atoms with Crippen molar-refractivity contribution in [2.45, 2.75) is 31.9 Å². The summed E-state index contributed by atoms with van der Waals surface area (Å²) in [6.07, 6.45) is 2.73. The number of nitrogens with two attached hydrogens (primary N) is 1. The molecule has 0 radical (unpaired) electrons. The largest absolute Gasteiger partial charge is 0.490 e. The number of benzene rings is 2. The van der Waals surface area contributed by atoms with Crippen molar-refractivity contribution in [3.05, 3.63) is 64.2 Å². The number of hydrazine groups is 1. The molecule has 0 spiro atoms. The van der Waals surface area contributed by atoms with Gasteiger partial charge in [0.15, 0.2) is 0 Å². The van der Waals surface area contributed by atoms with Gasteiger partial charge in [-0.1, -0.05) is 35.9 Å². The van der Waals surface area contributed by atoms with Gasteiger partial charge in [0.05, 0.1) is 12.1 Å². The Bertz CT molecular complexity index is 623. The molecule has 1 saturated carbocycles. The molecule has 0 amide bonds. The molecular formula is C17H19ClN2O. The Hall–Kier alpha value is -1.55. The molecule has 1 aliphatic carbocycles. The fourth-order valence-corrected chi connectivity index (χ4v) is 2.69. The van der Waals surface area contributed by atoms with Gasteiger partial charge in [-0.05, 0) is 54.7 Å². The topological polar surface area (TPSA) is 47.3 Å². The number of hydrogen-bond donors (Lipinski definition) is 2. The van der Waals surface area contributed by atoms with Crippen LogP contribution in [0.3, 0.4) is 0 Å². The molecule has 2 aromatic carbocycles. The quantitative estimate of drug-likeness (QED) is 0.653.